The van der Waals surface area contributed by atoms with Crippen LogP contribution in [-0.2, 0) is 0 Å². The second-order valence-electron chi connectivity index (χ2n) is 7.40. The van der Waals surface area contributed by atoms with Crippen LogP contribution in [0.5, 0.6) is 0 Å². The van der Waals surface area contributed by atoms with E-state index >= 15 is 0 Å². The second-order valence-corrected chi connectivity index (χ2v) is 7.84. The predicted octanol–water partition coefficient (Wildman–Crippen LogP) is 5.85. The van der Waals surface area contributed by atoms with Gasteiger partial charge in [-0.05, 0) is 41.8 Å². The lowest BCUT2D eigenvalue weighted by Gasteiger charge is -2.24. The Labute approximate surface area is 169 Å². The summed E-state index contributed by atoms with van der Waals surface area (Å²) in [7, 11) is 0. The first-order valence-electron chi connectivity index (χ1n) is 9.32. The molecule has 1 aliphatic carbocycles. The molecule has 4 rings (SSSR count). The van der Waals surface area contributed by atoms with Crippen LogP contribution in [0.3, 0.4) is 0 Å². The Morgan fingerprint density at radius 3 is 2.25 bits per heavy atom. The Balaban J connectivity index is 1.97. The third-order valence-electron chi connectivity index (χ3n) is 4.91. The van der Waals surface area contributed by atoms with Crippen molar-refractivity contribution in [3.8, 4) is 11.1 Å². The van der Waals surface area contributed by atoms with E-state index in [2.05, 4.69) is 19.2 Å². The van der Waals surface area contributed by atoms with E-state index in [0.29, 0.717) is 33.2 Å². The normalized spacial score (nSPS) is 12.7. The van der Waals surface area contributed by atoms with Crippen LogP contribution in [0, 0.1) is 5.92 Å². The Kier molecular flexibility index (Phi) is 4.78. The molecule has 3 nitrogen and oxygen atoms in total. The molecule has 0 radical (unpaired) electrons. The fraction of sp³-hybridized carbons (Fsp3) is 0.167. The Morgan fingerprint density at radius 2 is 1.54 bits per heavy atom. The Bertz CT molecular complexity index is 1090. The van der Waals surface area contributed by atoms with Crippen LogP contribution in [0.2, 0.25) is 5.02 Å². The Hall–Kier alpha value is -2.91. The van der Waals surface area contributed by atoms with Crippen molar-refractivity contribution < 1.29 is 9.59 Å². The highest BCUT2D eigenvalue weighted by Gasteiger charge is 2.33. The second kappa shape index (κ2) is 7.25. The van der Waals surface area contributed by atoms with E-state index in [4.69, 9.17) is 11.6 Å². The third kappa shape index (κ3) is 3.12. The maximum Gasteiger partial charge on any atom is 0.195 e. The first-order chi connectivity index (χ1) is 13.5. The van der Waals surface area contributed by atoms with Crippen LogP contribution in [0.25, 0.3) is 11.1 Å². The van der Waals surface area contributed by atoms with E-state index in [0.717, 1.165) is 23.4 Å². The van der Waals surface area contributed by atoms with E-state index < -0.39 is 0 Å². The van der Waals surface area contributed by atoms with E-state index in [9.17, 15) is 9.59 Å². The zero-order valence-electron chi connectivity index (χ0n) is 15.8. The van der Waals surface area contributed by atoms with Gasteiger partial charge in [-0.25, -0.2) is 0 Å². The molecule has 1 N–H and O–H groups in total. The van der Waals surface area contributed by atoms with Crippen molar-refractivity contribution in [2.24, 2.45) is 5.92 Å². The van der Waals surface area contributed by atoms with Crippen molar-refractivity contribution in [2.45, 2.75) is 13.8 Å². The fourth-order valence-corrected chi connectivity index (χ4v) is 3.75. The number of ketones is 2. The summed E-state index contributed by atoms with van der Waals surface area (Å²) in [6.45, 7) is 5.03. The molecule has 0 saturated heterocycles. The molecule has 0 saturated carbocycles. The number of fused-ring (bicyclic) bond motifs is 2. The lowest BCUT2D eigenvalue weighted by molar-refractivity contribution is 0.0979. The molecule has 4 heteroatoms. The van der Waals surface area contributed by atoms with E-state index in [-0.39, 0.29) is 11.6 Å². The first-order valence-corrected chi connectivity index (χ1v) is 9.70. The van der Waals surface area contributed by atoms with Gasteiger partial charge < -0.3 is 5.32 Å². The summed E-state index contributed by atoms with van der Waals surface area (Å²) < 4.78 is 0. The summed E-state index contributed by atoms with van der Waals surface area (Å²) in [6, 6.07) is 18.2. The molecule has 3 aromatic carbocycles. The van der Waals surface area contributed by atoms with Crippen LogP contribution in [0.4, 0.5) is 5.69 Å². The first kappa shape index (κ1) is 18.5. The molecular formula is C24H20ClNO2. The summed E-state index contributed by atoms with van der Waals surface area (Å²) in [5, 5.41) is 3.89. The number of nitrogens with one attached hydrogen (secondary N) is 1. The number of rotatable bonds is 4. The fourth-order valence-electron chi connectivity index (χ4n) is 3.58. The van der Waals surface area contributed by atoms with Crippen LogP contribution in [-0.4, -0.2) is 18.1 Å². The number of carbonyl (C=O) groups is 2. The van der Waals surface area contributed by atoms with Crippen molar-refractivity contribution in [3.05, 3.63) is 87.9 Å². The van der Waals surface area contributed by atoms with Gasteiger partial charge >= 0.3 is 0 Å². The highest BCUT2D eigenvalue weighted by atomic mass is 35.5. The average molecular weight is 390 g/mol. The van der Waals surface area contributed by atoms with Crippen molar-refractivity contribution in [3.63, 3.8) is 0 Å². The minimum Gasteiger partial charge on any atom is -0.384 e. The molecule has 28 heavy (non-hydrogen) atoms. The van der Waals surface area contributed by atoms with Gasteiger partial charge in [0.15, 0.2) is 11.6 Å². The summed E-state index contributed by atoms with van der Waals surface area (Å²) >= 11 is 6.07. The van der Waals surface area contributed by atoms with Gasteiger partial charge in [-0.3, -0.25) is 9.59 Å². The number of hydrogen-bond donors (Lipinski definition) is 1. The van der Waals surface area contributed by atoms with Crippen molar-refractivity contribution in [2.75, 3.05) is 11.9 Å². The SMILES string of the molecule is CC(C)CNc1ccc2c(c1-c1ccccc1)C(=O)c1ccc(Cl)cc1C2=O. The molecular weight excluding hydrogens is 370 g/mol. The molecule has 0 spiro atoms. The molecule has 1 aliphatic rings. The molecule has 140 valence electrons. The van der Waals surface area contributed by atoms with Gasteiger partial charge in [-0.1, -0.05) is 55.8 Å². The molecule has 0 fully saturated rings. The summed E-state index contributed by atoms with van der Waals surface area (Å²) in [5.74, 6) is 0.132. The van der Waals surface area contributed by atoms with Crippen LogP contribution in [0.15, 0.2) is 60.7 Å². The molecule has 3 aromatic rings. The lowest BCUT2D eigenvalue weighted by atomic mass is 9.80. The van der Waals surface area contributed by atoms with E-state index in [1.165, 1.54) is 0 Å². The van der Waals surface area contributed by atoms with Crippen molar-refractivity contribution in [1.29, 1.82) is 0 Å². The molecule has 0 heterocycles. The molecule has 0 unspecified atom stereocenters. The highest BCUT2D eigenvalue weighted by molar-refractivity contribution is 6.34. The number of anilines is 1. The van der Waals surface area contributed by atoms with E-state index in [1.807, 2.05) is 36.4 Å². The van der Waals surface area contributed by atoms with Gasteiger partial charge in [-0.2, -0.15) is 0 Å². The van der Waals surface area contributed by atoms with Gasteiger partial charge in [0.2, 0.25) is 0 Å². The van der Waals surface area contributed by atoms with Gasteiger partial charge in [0.05, 0.1) is 0 Å². The van der Waals surface area contributed by atoms with Crippen LogP contribution < -0.4 is 5.32 Å². The third-order valence-corrected chi connectivity index (χ3v) is 5.15. The number of hydrogen-bond acceptors (Lipinski definition) is 3. The highest BCUT2D eigenvalue weighted by Crippen LogP contribution is 2.39. The molecule has 0 amide bonds. The maximum absolute atomic E-state index is 13.4. The van der Waals surface area contributed by atoms with Gasteiger partial charge in [0, 0.05) is 45.1 Å². The molecule has 0 aliphatic heterocycles. The van der Waals surface area contributed by atoms with Gasteiger partial charge in [0.25, 0.3) is 0 Å². The minimum atomic E-state index is -0.167. The molecule has 0 bridgehead atoms. The van der Waals surface area contributed by atoms with Crippen molar-refractivity contribution in [1.82, 2.24) is 0 Å². The van der Waals surface area contributed by atoms with Crippen molar-refractivity contribution >= 4 is 28.9 Å². The summed E-state index contributed by atoms with van der Waals surface area (Å²) in [5.41, 5.74) is 4.19. The predicted molar refractivity (Wildman–Crippen MR) is 114 cm³/mol. The monoisotopic (exact) mass is 389 g/mol. The quantitative estimate of drug-likeness (QED) is 0.476. The maximum atomic E-state index is 13.4. The summed E-state index contributed by atoms with van der Waals surface area (Å²) in [4.78, 5) is 26.6. The zero-order valence-corrected chi connectivity index (χ0v) is 16.5. The number of carbonyl (C=O) groups excluding carboxylic acids is 2. The average Bonchev–Trinajstić information content (AvgIpc) is 2.70. The van der Waals surface area contributed by atoms with Gasteiger partial charge in [-0.15, -0.1) is 0 Å². The minimum absolute atomic E-state index is 0.145. The lowest BCUT2D eigenvalue weighted by Crippen LogP contribution is -2.23. The summed E-state index contributed by atoms with van der Waals surface area (Å²) in [6.07, 6.45) is 0. The smallest absolute Gasteiger partial charge is 0.195 e. The Morgan fingerprint density at radius 1 is 0.821 bits per heavy atom. The standard InChI is InChI=1S/C24H20ClNO2/c1-14(2)13-26-20-11-10-18-22(21(20)15-6-4-3-5-7-15)24(28)17-9-8-16(25)12-19(17)23(18)27/h3-12,14,26H,13H2,1-2H3. The topological polar surface area (TPSA) is 46.2 Å². The van der Waals surface area contributed by atoms with Crippen LogP contribution in [0.1, 0.15) is 45.7 Å². The molecule has 0 atom stereocenters. The molecule has 0 aromatic heterocycles. The largest absolute Gasteiger partial charge is 0.384 e. The van der Waals surface area contributed by atoms with Crippen LogP contribution >= 0.6 is 11.6 Å². The van der Waals surface area contributed by atoms with Gasteiger partial charge in [0.1, 0.15) is 0 Å². The van der Waals surface area contributed by atoms with E-state index in [1.54, 1.807) is 24.3 Å². The zero-order chi connectivity index (χ0) is 19.8. The number of benzene rings is 3. The number of halogens is 1.